The molecule has 0 aromatic carbocycles. The maximum atomic E-state index is 5.31. The van der Waals surface area contributed by atoms with Crippen LogP contribution in [-0.2, 0) is 9.47 Å². The van der Waals surface area contributed by atoms with Crippen LogP contribution in [0.3, 0.4) is 0 Å². The van der Waals surface area contributed by atoms with Crippen LogP contribution in [0.25, 0.3) is 0 Å². The molecule has 0 aromatic heterocycles. The minimum Gasteiger partial charge on any atom is -0.340 e. The predicted octanol–water partition coefficient (Wildman–Crippen LogP) is 0.659. The quantitative estimate of drug-likeness (QED) is 0.419. The topological polar surface area (TPSA) is 21.5 Å². The summed E-state index contributed by atoms with van der Waals surface area (Å²) < 4.78 is 10.6. The Kier molecular flexibility index (Phi) is 3.12. The summed E-state index contributed by atoms with van der Waals surface area (Å²) in [6.45, 7) is 7.64. The third kappa shape index (κ3) is 2.25. The SMILES string of the molecule is CCOC(OCC)N1CC1. The van der Waals surface area contributed by atoms with Crippen molar-refractivity contribution in [1.29, 1.82) is 0 Å². The molecule has 0 bridgehead atoms. The lowest BCUT2D eigenvalue weighted by atomic mass is 10.8. The van der Waals surface area contributed by atoms with E-state index in [1.165, 1.54) is 0 Å². The highest BCUT2D eigenvalue weighted by Crippen LogP contribution is 2.12. The monoisotopic (exact) mass is 145 g/mol. The molecule has 0 saturated carbocycles. The number of hydrogen-bond donors (Lipinski definition) is 0. The van der Waals surface area contributed by atoms with E-state index in [1.807, 2.05) is 13.8 Å². The van der Waals surface area contributed by atoms with Crippen molar-refractivity contribution < 1.29 is 9.47 Å². The second-order valence-corrected chi connectivity index (χ2v) is 2.25. The molecule has 1 fully saturated rings. The van der Waals surface area contributed by atoms with E-state index in [4.69, 9.17) is 9.47 Å². The van der Waals surface area contributed by atoms with E-state index in [1.54, 1.807) is 0 Å². The van der Waals surface area contributed by atoms with Crippen LogP contribution in [0.1, 0.15) is 13.8 Å². The Morgan fingerprint density at radius 2 is 1.70 bits per heavy atom. The Hall–Kier alpha value is -0.120. The molecule has 1 saturated heterocycles. The van der Waals surface area contributed by atoms with Gasteiger partial charge in [0.25, 0.3) is 0 Å². The molecule has 0 aliphatic carbocycles. The van der Waals surface area contributed by atoms with E-state index in [2.05, 4.69) is 4.90 Å². The van der Waals surface area contributed by atoms with Gasteiger partial charge in [0.2, 0.25) is 6.41 Å². The zero-order valence-corrected chi connectivity index (χ0v) is 6.67. The number of ether oxygens (including phenoxy) is 2. The Bertz CT molecular complexity index is 87.6. The summed E-state index contributed by atoms with van der Waals surface area (Å²) in [5.74, 6) is 0. The summed E-state index contributed by atoms with van der Waals surface area (Å²) in [7, 11) is 0. The Balaban J connectivity index is 2.13. The second-order valence-electron chi connectivity index (χ2n) is 2.25. The lowest BCUT2D eigenvalue weighted by molar-refractivity contribution is -0.187. The molecule has 0 aromatic rings. The first-order valence-corrected chi connectivity index (χ1v) is 3.85. The highest BCUT2D eigenvalue weighted by atomic mass is 16.7. The fraction of sp³-hybridized carbons (Fsp3) is 1.00. The van der Waals surface area contributed by atoms with Gasteiger partial charge in [0.15, 0.2) is 0 Å². The molecule has 60 valence electrons. The third-order valence-corrected chi connectivity index (χ3v) is 1.40. The molecule has 1 aliphatic heterocycles. The average molecular weight is 145 g/mol. The smallest absolute Gasteiger partial charge is 0.218 e. The molecular formula is C7H15NO2. The number of hydrogen-bond acceptors (Lipinski definition) is 3. The van der Waals surface area contributed by atoms with Crippen LogP contribution in [0.2, 0.25) is 0 Å². The Morgan fingerprint density at radius 1 is 1.20 bits per heavy atom. The first-order chi connectivity index (χ1) is 4.88. The van der Waals surface area contributed by atoms with Crippen LogP contribution in [-0.4, -0.2) is 37.6 Å². The maximum Gasteiger partial charge on any atom is 0.218 e. The molecule has 0 N–H and O–H groups in total. The largest absolute Gasteiger partial charge is 0.340 e. The molecule has 0 unspecified atom stereocenters. The molecule has 0 atom stereocenters. The van der Waals surface area contributed by atoms with Gasteiger partial charge in [-0.3, -0.25) is 4.90 Å². The zero-order valence-electron chi connectivity index (χ0n) is 6.67. The van der Waals surface area contributed by atoms with Crippen molar-refractivity contribution in [2.45, 2.75) is 20.3 Å². The molecule has 1 rings (SSSR count). The summed E-state index contributed by atoms with van der Waals surface area (Å²) in [5.41, 5.74) is 0. The highest BCUT2D eigenvalue weighted by Gasteiger charge is 2.27. The van der Waals surface area contributed by atoms with E-state index >= 15 is 0 Å². The second kappa shape index (κ2) is 3.91. The van der Waals surface area contributed by atoms with Gasteiger partial charge in [0.1, 0.15) is 0 Å². The van der Waals surface area contributed by atoms with Gasteiger partial charge < -0.3 is 9.47 Å². The van der Waals surface area contributed by atoms with Gasteiger partial charge in [-0.2, -0.15) is 0 Å². The van der Waals surface area contributed by atoms with Gasteiger partial charge in [0.05, 0.1) is 0 Å². The summed E-state index contributed by atoms with van der Waals surface area (Å²) in [5, 5.41) is 0. The normalized spacial score (nSPS) is 18.3. The third-order valence-electron chi connectivity index (χ3n) is 1.40. The van der Waals surface area contributed by atoms with Crippen LogP contribution in [0.15, 0.2) is 0 Å². The van der Waals surface area contributed by atoms with Gasteiger partial charge in [-0.05, 0) is 13.8 Å². The molecular weight excluding hydrogens is 130 g/mol. The van der Waals surface area contributed by atoms with E-state index in [0.717, 1.165) is 26.3 Å². The molecule has 1 heterocycles. The maximum absolute atomic E-state index is 5.31. The van der Waals surface area contributed by atoms with E-state index in [9.17, 15) is 0 Å². The van der Waals surface area contributed by atoms with Crippen LogP contribution >= 0.6 is 0 Å². The fourth-order valence-electron chi connectivity index (χ4n) is 0.813. The number of nitrogens with zero attached hydrogens (tertiary/aromatic N) is 1. The van der Waals surface area contributed by atoms with Crippen molar-refractivity contribution in [2.75, 3.05) is 26.3 Å². The lowest BCUT2D eigenvalue weighted by Gasteiger charge is -2.16. The molecule has 1 aliphatic rings. The summed E-state index contributed by atoms with van der Waals surface area (Å²) >= 11 is 0. The predicted molar refractivity (Wildman–Crippen MR) is 38.6 cm³/mol. The minimum absolute atomic E-state index is 0.0741. The van der Waals surface area contributed by atoms with Crippen molar-refractivity contribution in [1.82, 2.24) is 4.90 Å². The average Bonchev–Trinajstić information content (AvgIpc) is 2.69. The van der Waals surface area contributed by atoms with Crippen LogP contribution in [0.5, 0.6) is 0 Å². The molecule has 3 nitrogen and oxygen atoms in total. The zero-order chi connectivity index (χ0) is 7.40. The van der Waals surface area contributed by atoms with Crippen molar-refractivity contribution in [3.05, 3.63) is 0 Å². The number of rotatable bonds is 5. The standard InChI is InChI=1S/C7H15NO2/c1-3-9-7(10-4-2)8-5-6-8/h7H,3-6H2,1-2H3. The van der Waals surface area contributed by atoms with Crippen LogP contribution in [0.4, 0.5) is 0 Å². The summed E-state index contributed by atoms with van der Waals surface area (Å²) in [4.78, 5) is 2.15. The van der Waals surface area contributed by atoms with E-state index < -0.39 is 0 Å². The van der Waals surface area contributed by atoms with Crippen LogP contribution < -0.4 is 0 Å². The van der Waals surface area contributed by atoms with Crippen molar-refractivity contribution in [3.8, 4) is 0 Å². The Morgan fingerprint density at radius 3 is 2.00 bits per heavy atom. The highest BCUT2D eigenvalue weighted by molar-refractivity contribution is 4.71. The molecule has 0 spiro atoms. The van der Waals surface area contributed by atoms with E-state index in [0.29, 0.717) is 0 Å². The first kappa shape index (κ1) is 7.98. The van der Waals surface area contributed by atoms with Gasteiger partial charge in [-0.25, -0.2) is 0 Å². The fourth-order valence-corrected chi connectivity index (χ4v) is 0.813. The van der Waals surface area contributed by atoms with E-state index in [-0.39, 0.29) is 6.41 Å². The molecule has 0 amide bonds. The lowest BCUT2D eigenvalue weighted by Crippen LogP contribution is -2.25. The van der Waals surface area contributed by atoms with Gasteiger partial charge in [-0.15, -0.1) is 0 Å². The summed E-state index contributed by atoms with van der Waals surface area (Å²) in [6.07, 6.45) is -0.0741. The van der Waals surface area contributed by atoms with Crippen molar-refractivity contribution in [2.24, 2.45) is 0 Å². The van der Waals surface area contributed by atoms with Gasteiger partial charge in [0, 0.05) is 26.3 Å². The van der Waals surface area contributed by atoms with Crippen LogP contribution in [0, 0.1) is 0 Å². The molecule has 10 heavy (non-hydrogen) atoms. The van der Waals surface area contributed by atoms with Crippen molar-refractivity contribution >= 4 is 0 Å². The Labute approximate surface area is 61.9 Å². The molecule has 0 radical (unpaired) electrons. The molecule has 3 heteroatoms. The first-order valence-electron chi connectivity index (χ1n) is 3.85. The van der Waals surface area contributed by atoms with Gasteiger partial charge >= 0.3 is 0 Å². The minimum atomic E-state index is -0.0741. The van der Waals surface area contributed by atoms with Crippen molar-refractivity contribution in [3.63, 3.8) is 0 Å². The summed E-state index contributed by atoms with van der Waals surface area (Å²) in [6, 6.07) is 0. The van der Waals surface area contributed by atoms with Gasteiger partial charge in [-0.1, -0.05) is 0 Å².